The molecule has 0 unspecified atom stereocenters. The average Bonchev–Trinajstić information content (AvgIpc) is 4.34. The molecule has 0 bridgehead atoms. The monoisotopic (exact) mass is 1110 g/mol. The summed E-state index contributed by atoms with van der Waals surface area (Å²) in [6, 6.07) is 0. The molecule has 2 aliphatic carbocycles. The second-order valence-electron chi connectivity index (χ2n) is 22.1. The van der Waals surface area contributed by atoms with Gasteiger partial charge in [-0.1, -0.05) is 31.3 Å². The topological polar surface area (TPSA) is 138 Å². The van der Waals surface area contributed by atoms with Crippen LogP contribution in [0, 0.1) is 27.7 Å². The van der Waals surface area contributed by atoms with Crippen molar-refractivity contribution in [2.75, 3.05) is 26.3 Å². The lowest BCUT2D eigenvalue weighted by molar-refractivity contribution is 1.08. The summed E-state index contributed by atoms with van der Waals surface area (Å²) < 4.78 is 7.43. The van der Waals surface area contributed by atoms with Crippen LogP contribution in [0.25, 0.3) is 0 Å². The van der Waals surface area contributed by atoms with Gasteiger partial charge >= 0.3 is 0 Å². The fourth-order valence-electron chi connectivity index (χ4n) is 7.86. The van der Waals surface area contributed by atoms with Crippen LogP contribution < -0.4 is 0 Å². The van der Waals surface area contributed by atoms with Gasteiger partial charge in [0.25, 0.3) is 0 Å². The standard InChI is InChI=1S/2C9H14.5C7H11N.C5H8N2.2C4H6N2S/c2*1-6-5-7(2)9(4)8(6)3;3*1-5-4-8-7(3)6(5)2;2*1-5-4-6(2)8-7(5)3;1-4-5(2)7-3-6-4;2*1-3-4(2)7-6-5-3/h2*5H2,1-4H3;5*4H2,1-3H3;3H2,1-2H3;2*1-2H3. The summed E-state index contributed by atoms with van der Waals surface area (Å²) in [6.07, 6.45) is 4.59. The van der Waals surface area contributed by atoms with Crippen molar-refractivity contribution in [3.8, 4) is 0 Å². The Balaban J connectivity index is 0.000000439. The Hall–Kier alpha value is -5.53. The van der Waals surface area contributed by atoms with Gasteiger partial charge in [0.1, 0.15) is 6.67 Å². The quantitative estimate of drug-likeness (QED) is 0.259. The molecule has 13 heteroatoms. The van der Waals surface area contributed by atoms with Crippen molar-refractivity contribution in [3.63, 3.8) is 0 Å². The van der Waals surface area contributed by atoms with Gasteiger partial charge in [-0.05, 0) is 304 Å². The number of aryl methyl sites for hydroxylation is 4. The zero-order valence-corrected chi connectivity index (χ0v) is 56.5. The smallest absolute Gasteiger partial charge is 0.130 e. The number of nitrogens with zero attached hydrogens (tertiary/aromatic N) is 11. The molecule has 0 fully saturated rings. The largest absolute Gasteiger partial charge is 0.285 e. The summed E-state index contributed by atoms with van der Waals surface area (Å²) >= 11 is 2.89. The molecule has 0 saturated carbocycles. The van der Waals surface area contributed by atoms with E-state index in [1.807, 2.05) is 41.5 Å². The molecule has 0 spiro atoms. The molecule has 0 aromatic carbocycles. The van der Waals surface area contributed by atoms with E-state index in [1.54, 1.807) is 22.3 Å². The molecule has 0 radical (unpaired) electrons. The van der Waals surface area contributed by atoms with E-state index in [2.05, 4.69) is 213 Å². The van der Waals surface area contributed by atoms with E-state index >= 15 is 0 Å². The molecule has 8 heterocycles. The Labute approximate surface area is 489 Å². The zero-order valence-electron chi connectivity index (χ0n) is 54.9. The first kappa shape index (κ1) is 71.5. The highest BCUT2D eigenvalue weighted by Gasteiger charge is 2.12. The third kappa shape index (κ3) is 25.2. The van der Waals surface area contributed by atoms with Crippen LogP contribution in [0.15, 0.2) is 136 Å². The zero-order chi connectivity index (χ0) is 60.6. The lowest BCUT2D eigenvalue weighted by Gasteiger charge is -1.94. The maximum Gasteiger partial charge on any atom is 0.130 e. The van der Waals surface area contributed by atoms with Crippen molar-refractivity contribution in [1.29, 1.82) is 0 Å². The summed E-state index contributed by atoms with van der Waals surface area (Å²) in [5.41, 5.74) is 36.3. The van der Waals surface area contributed by atoms with Crippen LogP contribution in [0.1, 0.15) is 220 Å². The Bertz CT molecular complexity index is 2670. The van der Waals surface area contributed by atoms with Crippen molar-refractivity contribution >= 4 is 63.0 Å². The van der Waals surface area contributed by atoms with Gasteiger partial charge in [0.15, 0.2) is 0 Å². The SMILES string of the molecule is CC1=C(C)C(C)=C(C)C1.CC1=C(C)C(C)=C(C)C1.CC1=NC(C)=C(C)C1.CC1=NC(C)=C(C)C1.CC1=NCC(C)=C1C.CC1=NCC(C)=C1C.CC1=NCC(C)=C1C.CC1=NCN=C1C.Cc1nnsc1C.Cc1nnsc1C. The molecule has 6 aliphatic heterocycles. The maximum absolute atomic E-state index is 4.27. The van der Waals surface area contributed by atoms with E-state index < -0.39 is 0 Å². The van der Waals surface area contributed by atoms with Crippen molar-refractivity contribution < 1.29 is 0 Å². The second-order valence-corrected chi connectivity index (χ2v) is 24.0. The molecule has 10 rings (SSSR count). The number of aromatic nitrogens is 4. The Morgan fingerprint density at radius 2 is 0.532 bits per heavy atom. The number of allylic oxidation sites excluding steroid dienone is 15. The van der Waals surface area contributed by atoms with Crippen LogP contribution in [-0.4, -0.2) is 85.5 Å². The van der Waals surface area contributed by atoms with Gasteiger partial charge in [0, 0.05) is 62.5 Å². The Kier molecular flexibility index (Phi) is 31.9. The predicted molar refractivity (Wildman–Crippen MR) is 354 cm³/mol. The number of aliphatic imine (C=N–C) groups is 7. The molecular weight excluding hydrogens is 1010 g/mol. The summed E-state index contributed by atoms with van der Waals surface area (Å²) in [5.74, 6) is 0. The molecule has 434 valence electrons. The van der Waals surface area contributed by atoms with Crippen LogP contribution in [0.3, 0.4) is 0 Å². The fourth-order valence-corrected chi connectivity index (χ4v) is 8.77. The van der Waals surface area contributed by atoms with Crippen molar-refractivity contribution in [3.05, 3.63) is 122 Å². The first-order valence-electron chi connectivity index (χ1n) is 27.9. The van der Waals surface area contributed by atoms with E-state index in [0.717, 1.165) is 55.3 Å². The van der Waals surface area contributed by atoms with Crippen LogP contribution in [0.2, 0.25) is 0 Å². The third-order valence-corrected chi connectivity index (χ3v) is 17.3. The lowest BCUT2D eigenvalue weighted by Crippen LogP contribution is -1.98. The number of rotatable bonds is 0. The van der Waals surface area contributed by atoms with Crippen LogP contribution >= 0.6 is 23.1 Å². The van der Waals surface area contributed by atoms with Crippen molar-refractivity contribution in [1.82, 2.24) is 19.2 Å². The van der Waals surface area contributed by atoms with Gasteiger partial charge in [-0.3, -0.25) is 34.9 Å². The normalized spacial score (nSPS) is 17.9. The minimum absolute atomic E-state index is 0.650. The van der Waals surface area contributed by atoms with E-state index in [1.165, 1.54) is 152 Å². The summed E-state index contributed by atoms with van der Waals surface area (Å²) in [6.45, 7) is 64.5. The van der Waals surface area contributed by atoms with E-state index in [-0.39, 0.29) is 0 Å². The minimum Gasteiger partial charge on any atom is -0.285 e. The minimum atomic E-state index is 0.650. The molecule has 0 N–H and O–H groups in total. The molecule has 8 aliphatic rings. The van der Waals surface area contributed by atoms with Gasteiger partial charge in [0.2, 0.25) is 0 Å². The van der Waals surface area contributed by atoms with E-state index in [0.29, 0.717) is 6.67 Å². The summed E-state index contributed by atoms with van der Waals surface area (Å²) in [4.78, 5) is 31.7. The average molecular weight is 1110 g/mol. The highest BCUT2D eigenvalue weighted by atomic mass is 32.1. The summed E-state index contributed by atoms with van der Waals surface area (Å²) in [7, 11) is 0. The molecule has 2 aromatic heterocycles. The molecular formula is C66H103N11S2. The molecule has 0 amide bonds. The first-order valence-corrected chi connectivity index (χ1v) is 29.4. The van der Waals surface area contributed by atoms with E-state index in [9.17, 15) is 0 Å². The van der Waals surface area contributed by atoms with E-state index in [4.69, 9.17) is 0 Å². The van der Waals surface area contributed by atoms with Crippen LogP contribution in [0.4, 0.5) is 0 Å². The molecule has 11 nitrogen and oxygen atoms in total. The molecule has 0 atom stereocenters. The van der Waals surface area contributed by atoms with Gasteiger partial charge in [-0.2, -0.15) is 0 Å². The number of hydrogen-bond acceptors (Lipinski definition) is 13. The highest BCUT2D eigenvalue weighted by Crippen LogP contribution is 2.31. The van der Waals surface area contributed by atoms with Crippen molar-refractivity contribution in [2.24, 2.45) is 34.9 Å². The van der Waals surface area contributed by atoms with Crippen LogP contribution in [0.5, 0.6) is 0 Å². The van der Waals surface area contributed by atoms with Crippen LogP contribution in [-0.2, 0) is 0 Å². The van der Waals surface area contributed by atoms with Crippen molar-refractivity contribution in [2.45, 2.75) is 226 Å². The van der Waals surface area contributed by atoms with Gasteiger partial charge in [0.05, 0.1) is 42.4 Å². The second kappa shape index (κ2) is 35.3. The molecule has 79 heavy (non-hydrogen) atoms. The maximum atomic E-state index is 4.27. The van der Waals surface area contributed by atoms with Gasteiger partial charge in [-0.25, -0.2) is 0 Å². The Morgan fingerprint density at radius 1 is 0.266 bits per heavy atom. The molecule has 0 saturated heterocycles. The number of hydrogen-bond donors (Lipinski definition) is 0. The summed E-state index contributed by atoms with van der Waals surface area (Å²) in [5, 5.41) is 7.57. The highest BCUT2D eigenvalue weighted by molar-refractivity contribution is 7.05. The van der Waals surface area contributed by atoms with Gasteiger partial charge in [-0.15, -0.1) is 10.2 Å². The lowest BCUT2D eigenvalue weighted by atomic mass is 10.1. The fraction of sp³-hybridized carbons (Fsp3) is 0.561. The van der Waals surface area contributed by atoms with Gasteiger partial charge < -0.3 is 0 Å². The predicted octanol–water partition coefficient (Wildman–Crippen LogP) is 19.0. The Morgan fingerprint density at radius 3 is 0.595 bits per heavy atom. The first-order chi connectivity index (χ1) is 36.7. The molecule has 2 aromatic rings. The third-order valence-electron chi connectivity index (χ3n) is 15.8.